The summed E-state index contributed by atoms with van der Waals surface area (Å²) < 4.78 is 11.0. The van der Waals surface area contributed by atoms with Crippen molar-refractivity contribution in [3.63, 3.8) is 0 Å². The fourth-order valence-electron chi connectivity index (χ4n) is 4.76. The second-order valence-corrected chi connectivity index (χ2v) is 8.69. The number of benzene rings is 2. The third kappa shape index (κ3) is 5.01. The van der Waals surface area contributed by atoms with Gasteiger partial charge in [0.05, 0.1) is 19.6 Å². The number of nitrogens with zero attached hydrogens (tertiary/aromatic N) is 2. The average Bonchev–Trinajstić information content (AvgIpc) is 2.85. The maximum absolute atomic E-state index is 12.6. The van der Waals surface area contributed by atoms with Crippen LogP contribution in [0.25, 0.3) is 11.1 Å². The van der Waals surface area contributed by atoms with E-state index in [0.29, 0.717) is 6.42 Å². The van der Waals surface area contributed by atoms with Gasteiger partial charge in [0.15, 0.2) is 11.5 Å². The number of carbonyl (C=O) groups excluding carboxylic acids is 1. The van der Waals surface area contributed by atoms with Gasteiger partial charge in [-0.15, -0.1) is 0 Å². The minimum atomic E-state index is -0.536. The van der Waals surface area contributed by atoms with Gasteiger partial charge in [0.25, 0.3) is 0 Å². The molecule has 172 valence electrons. The van der Waals surface area contributed by atoms with Gasteiger partial charge >= 0.3 is 0 Å². The summed E-state index contributed by atoms with van der Waals surface area (Å²) in [7, 11) is 3.31. The zero-order valence-corrected chi connectivity index (χ0v) is 19.3. The van der Waals surface area contributed by atoms with Gasteiger partial charge in [0.2, 0.25) is 5.91 Å². The van der Waals surface area contributed by atoms with Crippen molar-refractivity contribution in [2.24, 2.45) is 11.1 Å². The first-order chi connectivity index (χ1) is 16.0. The van der Waals surface area contributed by atoms with Crippen molar-refractivity contribution in [2.75, 3.05) is 27.3 Å². The van der Waals surface area contributed by atoms with Gasteiger partial charge in [-0.05, 0) is 67.2 Å². The van der Waals surface area contributed by atoms with Crippen molar-refractivity contribution in [1.29, 1.82) is 0 Å². The van der Waals surface area contributed by atoms with E-state index in [1.807, 2.05) is 30.3 Å². The maximum Gasteiger partial charge on any atom is 0.224 e. The number of hydrogen-bond donors (Lipinski definition) is 1. The second-order valence-electron chi connectivity index (χ2n) is 8.69. The zero-order valence-electron chi connectivity index (χ0n) is 19.3. The van der Waals surface area contributed by atoms with Gasteiger partial charge in [-0.3, -0.25) is 14.7 Å². The summed E-state index contributed by atoms with van der Waals surface area (Å²) in [5, 5.41) is 0. The fraction of sp³-hybridized carbons (Fsp3) is 0.333. The lowest BCUT2D eigenvalue weighted by atomic mass is 9.73. The van der Waals surface area contributed by atoms with E-state index in [2.05, 4.69) is 34.1 Å². The first-order valence-electron chi connectivity index (χ1n) is 11.3. The number of nitrogens with two attached hydrogens (primary N) is 1. The molecule has 1 fully saturated rings. The van der Waals surface area contributed by atoms with Gasteiger partial charge in [0, 0.05) is 24.5 Å². The standard InChI is InChI=1S/C27H31N3O3/c1-32-24-8-4-7-23(25(24)33-2)19-30-15-11-27(12-16-30,26(28)31)18-20-5-3-6-22(17-20)21-9-13-29-14-10-21/h3-10,13-14,17H,11-12,15-16,18-19H2,1-2H3,(H2,28,31). The number of hydrogen-bond acceptors (Lipinski definition) is 5. The molecule has 1 aliphatic rings. The quantitative estimate of drug-likeness (QED) is 0.565. The normalized spacial score (nSPS) is 15.7. The van der Waals surface area contributed by atoms with Crippen molar-refractivity contribution in [3.05, 3.63) is 78.1 Å². The molecule has 33 heavy (non-hydrogen) atoms. The minimum absolute atomic E-state index is 0.213. The van der Waals surface area contributed by atoms with Crippen LogP contribution in [0.1, 0.15) is 24.0 Å². The number of para-hydroxylation sites is 1. The molecule has 6 nitrogen and oxygen atoms in total. The maximum atomic E-state index is 12.6. The zero-order chi connectivity index (χ0) is 23.3. The summed E-state index contributed by atoms with van der Waals surface area (Å²) in [6, 6.07) is 18.3. The molecule has 0 unspecified atom stereocenters. The average molecular weight is 446 g/mol. The number of aromatic nitrogens is 1. The minimum Gasteiger partial charge on any atom is -0.493 e. The Morgan fingerprint density at radius 2 is 1.73 bits per heavy atom. The molecule has 1 amide bonds. The van der Waals surface area contributed by atoms with E-state index in [1.165, 1.54) is 0 Å². The molecule has 0 atom stereocenters. The Hall–Kier alpha value is -3.38. The van der Waals surface area contributed by atoms with Gasteiger partial charge < -0.3 is 15.2 Å². The van der Waals surface area contributed by atoms with Crippen LogP contribution in [-0.4, -0.2) is 43.1 Å². The number of primary amides is 1. The van der Waals surface area contributed by atoms with Crippen molar-refractivity contribution < 1.29 is 14.3 Å². The van der Waals surface area contributed by atoms with Crippen LogP contribution in [0.15, 0.2) is 67.0 Å². The number of likely N-dealkylation sites (tertiary alicyclic amines) is 1. The smallest absolute Gasteiger partial charge is 0.224 e. The Kier molecular flexibility index (Phi) is 6.94. The summed E-state index contributed by atoms with van der Waals surface area (Å²) in [6.45, 7) is 2.34. The van der Waals surface area contributed by atoms with Crippen LogP contribution in [0.4, 0.5) is 0 Å². The third-order valence-corrected chi connectivity index (χ3v) is 6.70. The molecule has 0 spiro atoms. The lowest BCUT2D eigenvalue weighted by molar-refractivity contribution is -0.130. The Morgan fingerprint density at radius 1 is 1.00 bits per heavy atom. The van der Waals surface area contributed by atoms with E-state index in [1.54, 1.807) is 26.6 Å². The van der Waals surface area contributed by atoms with E-state index in [4.69, 9.17) is 15.2 Å². The molecule has 2 N–H and O–H groups in total. The molecule has 0 bridgehead atoms. The van der Waals surface area contributed by atoms with Gasteiger partial charge in [-0.2, -0.15) is 0 Å². The lowest BCUT2D eigenvalue weighted by Gasteiger charge is -2.40. The molecular weight excluding hydrogens is 414 g/mol. The molecule has 2 aromatic carbocycles. The second kappa shape index (κ2) is 10.0. The van der Waals surface area contributed by atoms with E-state index >= 15 is 0 Å². The van der Waals surface area contributed by atoms with Crippen molar-refractivity contribution in [3.8, 4) is 22.6 Å². The van der Waals surface area contributed by atoms with Gasteiger partial charge in [-0.1, -0.05) is 36.4 Å². The Balaban J connectivity index is 1.47. The Labute approximate surface area is 195 Å². The Bertz CT molecular complexity index is 1090. The predicted molar refractivity (Wildman–Crippen MR) is 129 cm³/mol. The molecule has 1 aliphatic heterocycles. The first kappa shape index (κ1) is 22.8. The van der Waals surface area contributed by atoms with E-state index in [0.717, 1.165) is 66.2 Å². The molecule has 4 rings (SSSR count). The van der Waals surface area contributed by atoms with Crippen molar-refractivity contribution in [1.82, 2.24) is 9.88 Å². The van der Waals surface area contributed by atoms with E-state index < -0.39 is 5.41 Å². The molecule has 3 aromatic rings. The van der Waals surface area contributed by atoms with Crippen LogP contribution in [0.3, 0.4) is 0 Å². The number of amides is 1. The van der Waals surface area contributed by atoms with Crippen LogP contribution >= 0.6 is 0 Å². The highest BCUT2D eigenvalue weighted by atomic mass is 16.5. The summed E-state index contributed by atoms with van der Waals surface area (Å²) >= 11 is 0. The summed E-state index contributed by atoms with van der Waals surface area (Å²) in [6.07, 6.45) is 5.69. The lowest BCUT2D eigenvalue weighted by Crippen LogP contribution is -2.48. The predicted octanol–water partition coefficient (Wildman–Crippen LogP) is 4.08. The molecule has 6 heteroatoms. The first-order valence-corrected chi connectivity index (χ1v) is 11.3. The number of pyridine rings is 1. The number of methoxy groups -OCH3 is 2. The molecule has 0 aliphatic carbocycles. The highest BCUT2D eigenvalue weighted by Crippen LogP contribution is 2.38. The SMILES string of the molecule is COc1cccc(CN2CCC(Cc3cccc(-c4ccncc4)c3)(C(N)=O)CC2)c1OC. The van der Waals surface area contributed by atoms with Gasteiger partial charge in [-0.25, -0.2) is 0 Å². The molecule has 1 aromatic heterocycles. The van der Waals surface area contributed by atoms with E-state index in [-0.39, 0.29) is 5.91 Å². The van der Waals surface area contributed by atoms with Crippen LogP contribution < -0.4 is 15.2 Å². The highest BCUT2D eigenvalue weighted by molar-refractivity contribution is 5.81. The molecular formula is C27H31N3O3. The molecule has 0 saturated carbocycles. The van der Waals surface area contributed by atoms with Crippen molar-refractivity contribution in [2.45, 2.75) is 25.8 Å². The molecule has 1 saturated heterocycles. The summed E-state index contributed by atoms with van der Waals surface area (Å²) in [5.74, 6) is 1.28. The largest absolute Gasteiger partial charge is 0.493 e. The number of rotatable bonds is 8. The monoisotopic (exact) mass is 445 g/mol. The highest BCUT2D eigenvalue weighted by Gasteiger charge is 2.40. The van der Waals surface area contributed by atoms with Crippen LogP contribution in [0.2, 0.25) is 0 Å². The Morgan fingerprint density at radius 3 is 2.39 bits per heavy atom. The number of piperidine rings is 1. The van der Waals surface area contributed by atoms with Gasteiger partial charge in [0.1, 0.15) is 0 Å². The summed E-state index contributed by atoms with van der Waals surface area (Å²) in [4.78, 5) is 19.1. The molecule has 0 radical (unpaired) electrons. The molecule has 2 heterocycles. The van der Waals surface area contributed by atoms with Crippen LogP contribution in [-0.2, 0) is 17.8 Å². The number of carbonyl (C=O) groups is 1. The van der Waals surface area contributed by atoms with Crippen LogP contribution in [0, 0.1) is 5.41 Å². The number of ether oxygens (including phenoxy) is 2. The van der Waals surface area contributed by atoms with Crippen molar-refractivity contribution >= 4 is 5.91 Å². The van der Waals surface area contributed by atoms with Crippen LogP contribution in [0.5, 0.6) is 11.5 Å². The fourth-order valence-corrected chi connectivity index (χ4v) is 4.76. The third-order valence-electron chi connectivity index (χ3n) is 6.70. The summed E-state index contributed by atoms with van der Waals surface area (Å²) in [5.41, 5.74) is 9.89. The van der Waals surface area contributed by atoms with E-state index in [9.17, 15) is 4.79 Å². The topological polar surface area (TPSA) is 77.7 Å².